The molecule has 0 spiro atoms. The number of aromatic hydroxyl groups is 2. The number of carbonyl (C=O) groups excluding carboxylic acids is 3. The first-order chi connectivity index (χ1) is 33.7. The minimum Gasteiger partial charge on any atom is -0.505 e. The van der Waals surface area contributed by atoms with Gasteiger partial charge in [0.2, 0.25) is 0 Å². The quantitative estimate of drug-likeness (QED) is 0.0655. The van der Waals surface area contributed by atoms with Crippen molar-refractivity contribution in [3.63, 3.8) is 0 Å². The average molecular weight is 1060 g/mol. The lowest BCUT2D eigenvalue weighted by molar-refractivity contribution is -0.333. The van der Waals surface area contributed by atoms with Gasteiger partial charge in [-0.15, -0.1) is 0 Å². The molecule has 2 fully saturated rings. The molecule has 0 unspecified atom stereocenters. The Morgan fingerprint density at radius 3 is 2.17 bits per heavy atom. The maximum absolute atomic E-state index is 13.9. The number of allylic oxidation sites excluding steroid dienone is 4. The summed E-state index contributed by atoms with van der Waals surface area (Å²) in [6.07, 6.45) is -5.45. The first kappa shape index (κ1) is 60.7. The first-order valence-corrected chi connectivity index (χ1v) is 24.9. The lowest BCUT2D eigenvalue weighted by Gasteiger charge is -2.47. The van der Waals surface area contributed by atoms with Crippen LogP contribution in [-0.4, -0.2) is 153 Å². The van der Waals surface area contributed by atoms with E-state index in [4.69, 9.17) is 61.1 Å². The third kappa shape index (κ3) is 14.7. The second kappa shape index (κ2) is 26.5. The van der Waals surface area contributed by atoms with Crippen molar-refractivity contribution < 1.29 is 88.0 Å². The van der Waals surface area contributed by atoms with E-state index in [1.807, 2.05) is 32.9 Å². The van der Waals surface area contributed by atoms with Gasteiger partial charge in [-0.1, -0.05) is 86.9 Å². The molecule has 7 N–H and O–H groups in total. The number of carbonyl (C=O) groups is 3. The van der Waals surface area contributed by atoms with Crippen LogP contribution in [0.5, 0.6) is 11.5 Å². The van der Waals surface area contributed by atoms with Gasteiger partial charge in [-0.3, -0.25) is 4.79 Å². The summed E-state index contributed by atoms with van der Waals surface area (Å²) in [5.41, 5.74) is 0.318. The van der Waals surface area contributed by atoms with Crippen LogP contribution in [0.4, 0.5) is 0 Å². The van der Waals surface area contributed by atoms with Gasteiger partial charge in [-0.25, -0.2) is 9.59 Å². The van der Waals surface area contributed by atoms with Crippen LogP contribution in [0.15, 0.2) is 58.7 Å². The highest BCUT2D eigenvalue weighted by Crippen LogP contribution is 2.45. The van der Waals surface area contributed by atoms with E-state index in [2.05, 4.69) is 0 Å². The van der Waals surface area contributed by atoms with Crippen molar-refractivity contribution in [2.24, 2.45) is 11.8 Å². The highest BCUT2D eigenvalue weighted by atomic mass is 35.5. The SMILES string of the molecule is CCc1c(Cl)c(O)c(Cl)c(O)c1C(=O)O[C@@H]1[C@@H](O)[C@@H](OC)[C@@H](OC/C2=C\C=C\C[C@H](O)/C(C)=C\[C@H](CC)[C@@H](O[C@@H]3OC(C)(C)[C@@H](OC(=O)C(C)C)[C@H](O)[C@H]3O)/C(C)=C/C(C)=C/C[C@@H]([C@@H](C)O)OC2=O)O[C@@H]1C. The predicted octanol–water partition coefficient (Wildman–Crippen LogP) is 6.23. The Morgan fingerprint density at radius 2 is 1.57 bits per heavy atom. The number of halogens is 2. The van der Waals surface area contributed by atoms with Gasteiger partial charge in [0.15, 0.2) is 36.3 Å². The lowest BCUT2D eigenvalue weighted by Crippen LogP contribution is -2.64. The Hall–Kier alpha value is -3.89. The smallest absolute Gasteiger partial charge is 0.342 e. The number of hydrogen-bond donors (Lipinski definition) is 7. The zero-order chi connectivity index (χ0) is 54.1. The van der Waals surface area contributed by atoms with Crippen molar-refractivity contribution in [3.05, 3.63) is 79.9 Å². The average Bonchev–Trinajstić information content (AvgIpc) is 3.32. The third-order valence-electron chi connectivity index (χ3n) is 13.0. The molecular formula is C52H74Cl2O18. The number of phenols is 2. The molecule has 3 aliphatic rings. The summed E-state index contributed by atoms with van der Waals surface area (Å²) in [6.45, 7) is 18.1. The lowest BCUT2D eigenvalue weighted by atomic mass is 9.88. The molecule has 0 aromatic heterocycles. The van der Waals surface area contributed by atoms with Gasteiger partial charge in [-0.05, 0) is 90.5 Å². The Labute approximate surface area is 431 Å². The molecule has 0 amide bonds. The van der Waals surface area contributed by atoms with E-state index in [9.17, 15) is 50.1 Å². The zero-order valence-electron chi connectivity index (χ0n) is 43.0. The monoisotopic (exact) mass is 1060 g/mol. The summed E-state index contributed by atoms with van der Waals surface area (Å²) < 4.78 is 47.5. The molecule has 3 heterocycles. The van der Waals surface area contributed by atoms with Crippen molar-refractivity contribution in [2.45, 2.75) is 187 Å². The number of esters is 3. The third-order valence-corrected chi connectivity index (χ3v) is 13.8. The molecule has 2 saturated heterocycles. The maximum Gasteiger partial charge on any atom is 0.342 e. The van der Waals surface area contributed by atoms with Crippen molar-refractivity contribution in [2.75, 3.05) is 13.7 Å². The van der Waals surface area contributed by atoms with Crippen LogP contribution in [0.3, 0.4) is 0 Å². The Kier molecular flexibility index (Phi) is 22.4. The molecule has 14 atom stereocenters. The summed E-state index contributed by atoms with van der Waals surface area (Å²) in [5.74, 6) is -4.78. The van der Waals surface area contributed by atoms with Crippen LogP contribution in [0.2, 0.25) is 10.0 Å². The molecule has 1 aromatic rings. The van der Waals surface area contributed by atoms with Crippen LogP contribution >= 0.6 is 23.2 Å². The predicted molar refractivity (Wildman–Crippen MR) is 265 cm³/mol. The van der Waals surface area contributed by atoms with Gasteiger partial charge < -0.3 is 73.6 Å². The number of rotatable bonds is 13. The van der Waals surface area contributed by atoms with Crippen LogP contribution in [0.1, 0.15) is 111 Å². The zero-order valence-corrected chi connectivity index (χ0v) is 44.5. The molecule has 72 heavy (non-hydrogen) atoms. The molecule has 0 saturated carbocycles. The molecule has 1 aromatic carbocycles. The van der Waals surface area contributed by atoms with E-state index in [0.717, 1.165) is 0 Å². The van der Waals surface area contributed by atoms with Gasteiger partial charge in [-0.2, -0.15) is 0 Å². The minimum absolute atomic E-state index is 0.0372. The van der Waals surface area contributed by atoms with Crippen molar-refractivity contribution in [3.8, 4) is 11.5 Å². The van der Waals surface area contributed by atoms with E-state index >= 15 is 0 Å². The minimum atomic E-state index is -1.61. The second-order valence-electron chi connectivity index (χ2n) is 19.4. The van der Waals surface area contributed by atoms with Crippen LogP contribution in [0.25, 0.3) is 0 Å². The summed E-state index contributed by atoms with van der Waals surface area (Å²) in [7, 11) is 1.26. The molecule has 404 valence electrons. The van der Waals surface area contributed by atoms with Crippen LogP contribution in [-0.2, 0) is 53.9 Å². The van der Waals surface area contributed by atoms with Gasteiger partial charge in [0, 0.05) is 19.4 Å². The van der Waals surface area contributed by atoms with Gasteiger partial charge in [0.05, 0.1) is 47.5 Å². The fourth-order valence-electron chi connectivity index (χ4n) is 8.60. The molecule has 0 bridgehead atoms. The van der Waals surface area contributed by atoms with E-state index < -0.39 is 144 Å². The fraction of sp³-hybridized carbons (Fsp3) is 0.635. The maximum atomic E-state index is 13.9. The van der Waals surface area contributed by atoms with E-state index in [1.165, 1.54) is 33.1 Å². The van der Waals surface area contributed by atoms with E-state index in [1.54, 1.807) is 53.7 Å². The van der Waals surface area contributed by atoms with E-state index in [-0.39, 0.29) is 35.4 Å². The van der Waals surface area contributed by atoms with Crippen LogP contribution in [0, 0.1) is 11.8 Å². The molecule has 0 aliphatic carbocycles. The summed E-state index contributed by atoms with van der Waals surface area (Å²) in [6, 6.07) is 0. The van der Waals surface area contributed by atoms with Gasteiger partial charge >= 0.3 is 17.9 Å². The topological polar surface area (TPSA) is 267 Å². The number of ether oxygens (including phenoxy) is 8. The van der Waals surface area contributed by atoms with Crippen molar-refractivity contribution in [1.29, 1.82) is 0 Å². The Bertz CT molecular complexity index is 2220. The first-order valence-electron chi connectivity index (χ1n) is 24.2. The van der Waals surface area contributed by atoms with Crippen molar-refractivity contribution in [1.82, 2.24) is 0 Å². The highest BCUT2D eigenvalue weighted by molar-refractivity contribution is 6.39. The Balaban J connectivity index is 1.61. The number of benzene rings is 1. The molecule has 20 heteroatoms. The second-order valence-corrected chi connectivity index (χ2v) is 20.1. The van der Waals surface area contributed by atoms with Gasteiger partial charge in [0.25, 0.3) is 0 Å². The molecule has 0 radical (unpaired) electrons. The molecular weight excluding hydrogens is 983 g/mol. The Morgan fingerprint density at radius 1 is 0.903 bits per heavy atom. The normalized spacial score (nSPS) is 34.8. The highest BCUT2D eigenvalue weighted by Gasteiger charge is 2.53. The number of aliphatic hydroxyl groups excluding tert-OH is 5. The molecule has 3 aliphatic heterocycles. The number of cyclic esters (lactones) is 1. The standard InChI is InChI=1S/C52H74Cl2O18/c1-13-30-22-26(6)33(56)18-16-15-17-31(23-66-51-45(65-12)42(61)44(29(9)67-51)69-49(64)35-32(14-2)36(53)39(58)37(54)38(35)57)48(63)68-34(28(8)55)20-19-25(5)21-27(7)43(30)70-50-41(60)40(59)46(52(10,11)72-50)71-47(62)24(3)4/h15-17,19,21-22,24,28-30,33-34,40-46,50-51,55-61H,13-14,18,20,23H2,1-12H3/b16-15+,25-19+,26-22-,27-21+,31-17+/t28-,29-,30+,33+,34+,40-,41-,42-,43+,44+,45-,46+,50-,51+/m1/s1. The van der Waals surface area contributed by atoms with Crippen LogP contribution < -0.4 is 0 Å². The van der Waals surface area contributed by atoms with Crippen molar-refractivity contribution >= 4 is 41.1 Å². The summed E-state index contributed by atoms with van der Waals surface area (Å²) in [4.78, 5) is 40.0. The summed E-state index contributed by atoms with van der Waals surface area (Å²) in [5, 5.41) is 76.5. The fourth-order valence-corrected chi connectivity index (χ4v) is 9.16. The largest absolute Gasteiger partial charge is 0.505 e. The van der Waals surface area contributed by atoms with E-state index in [0.29, 0.717) is 23.1 Å². The molecule has 4 rings (SSSR count). The summed E-state index contributed by atoms with van der Waals surface area (Å²) >= 11 is 12.3. The number of methoxy groups -OCH3 is 1. The molecule has 18 nitrogen and oxygen atoms in total. The number of aliphatic hydroxyl groups is 5. The number of hydrogen-bond acceptors (Lipinski definition) is 18. The number of phenolic OH excluding ortho intramolecular Hbond substituents is 2. The van der Waals surface area contributed by atoms with Gasteiger partial charge in [0.1, 0.15) is 46.7 Å².